The molecule has 0 saturated heterocycles. The normalized spacial score (nSPS) is 11.1. The fourth-order valence-electron chi connectivity index (χ4n) is 2.09. The van der Waals surface area contributed by atoms with Crippen molar-refractivity contribution in [2.45, 2.75) is 9.92 Å². The van der Waals surface area contributed by atoms with E-state index in [1.165, 1.54) is 18.3 Å². The van der Waals surface area contributed by atoms with E-state index in [2.05, 4.69) is 16.9 Å². The Morgan fingerprint density at radius 2 is 1.61 bits per heavy atom. The Bertz CT molecular complexity index is 917. The molecule has 0 aliphatic heterocycles. The average Bonchev–Trinajstić information content (AvgIpc) is 3.02. The monoisotopic (exact) mass is 326 g/mol. The SMILES string of the molecule is C=CNc1oc(-c2ccccc2)nc1S(=O)(=O)c1ccccc1. The van der Waals surface area contributed by atoms with Crippen LogP contribution >= 0.6 is 0 Å². The lowest BCUT2D eigenvalue weighted by atomic mass is 10.2. The lowest BCUT2D eigenvalue weighted by Crippen LogP contribution is -2.04. The minimum absolute atomic E-state index is 0.0442. The molecule has 23 heavy (non-hydrogen) atoms. The second-order valence-corrected chi connectivity index (χ2v) is 6.55. The molecule has 0 radical (unpaired) electrons. The number of benzene rings is 2. The highest BCUT2D eigenvalue weighted by molar-refractivity contribution is 7.91. The molecule has 0 unspecified atom stereocenters. The van der Waals surface area contributed by atoms with Crippen molar-refractivity contribution in [1.82, 2.24) is 4.98 Å². The number of oxazole rings is 1. The second-order valence-electron chi connectivity index (χ2n) is 4.68. The molecule has 5 nitrogen and oxygen atoms in total. The van der Waals surface area contributed by atoms with Crippen molar-refractivity contribution in [3.05, 3.63) is 73.4 Å². The highest BCUT2D eigenvalue weighted by Gasteiger charge is 2.27. The summed E-state index contributed by atoms with van der Waals surface area (Å²) in [6.45, 7) is 3.54. The minimum atomic E-state index is -3.79. The van der Waals surface area contributed by atoms with E-state index in [9.17, 15) is 8.42 Å². The van der Waals surface area contributed by atoms with Gasteiger partial charge in [0, 0.05) is 5.56 Å². The van der Waals surface area contributed by atoms with Gasteiger partial charge in [0.25, 0.3) is 0 Å². The van der Waals surface area contributed by atoms with Gasteiger partial charge in [0.15, 0.2) is 0 Å². The quantitative estimate of drug-likeness (QED) is 0.773. The molecule has 0 fully saturated rings. The number of hydrogen-bond acceptors (Lipinski definition) is 5. The maximum atomic E-state index is 12.8. The molecular weight excluding hydrogens is 312 g/mol. The summed E-state index contributed by atoms with van der Waals surface area (Å²) in [7, 11) is -3.79. The summed E-state index contributed by atoms with van der Waals surface area (Å²) in [6, 6.07) is 17.2. The minimum Gasteiger partial charge on any atom is -0.419 e. The van der Waals surface area contributed by atoms with E-state index in [0.717, 1.165) is 0 Å². The molecule has 0 amide bonds. The summed E-state index contributed by atoms with van der Waals surface area (Å²) >= 11 is 0. The Morgan fingerprint density at radius 3 is 2.22 bits per heavy atom. The zero-order valence-corrected chi connectivity index (χ0v) is 13.0. The summed E-state index contributed by atoms with van der Waals surface area (Å²) < 4.78 is 31.1. The zero-order chi connectivity index (χ0) is 16.3. The first kappa shape index (κ1) is 15.1. The lowest BCUT2D eigenvalue weighted by Gasteiger charge is -2.02. The molecule has 0 aliphatic rings. The van der Waals surface area contributed by atoms with Gasteiger partial charge in [-0.2, -0.15) is 4.98 Å². The number of sulfone groups is 1. The van der Waals surface area contributed by atoms with Crippen molar-refractivity contribution in [3.63, 3.8) is 0 Å². The van der Waals surface area contributed by atoms with Crippen molar-refractivity contribution in [2.24, 2.45) is 0 Å². The van der Waals surface area contributed by atoms with Crippen LogP contribution in [0.1, 0.15) is 0 Å². The Labute approximate surface area is 134 Å². The Kier molecular flexibility index (Phi) is 3.99. The highest BCUT2D eigenvalue weighted by atomic mass is 32.2. The first-order valence-electron chi connectivity index (χ1n) is 6.87. The molecule has 0 atom stereocenters. The topological polar surface area (TPSA) is 72.2 Å². The molecule has 3 aromatic rings. The Morgan fingerprint density at radius 1 is 1.00 bits per heavy atom. The number of aromatic nitrogens is 1. The molecule has 0 bridgehead atoms. The maximum absolute atomic E-state index is 12.8. The highest BCUT2D eigenvalue weighted by Crippen LogP contribution is 2.32. The number of anilines is 1. The summed E-state index contributed by atoms with van der Waals surface area (Å²) in [4.78, 5) is 4.34. The van der Waals surface area contributed by atoms with E-state index in [0.29, 0.717) is 5.56 Å². The number of nitrogens with zero attached hydrogens (tertiary/aromatic N) is 1. The fourth-order valence-corrected chi connectivity index (χ4v) is 3.37. The molecule has 0 aliphatic carbocycles. The molecule has 3 rings (SSSR count). The van der Waals surface area contributed by atoms with Gasteiger partial charge in [-0.15, -0.1) is 0 Å². The van der Waals surface area contributed by atoms with Crippen molar-refractivity contribution in [1.29, 1.82) is 0 Å². The van der Waals surface area contributed by atoms with Gasteiger partial charge in [-0.05, 0) is 30.5 Å². The molecule has 1 heterocycles. The first-order valence-corrected chi connectivity index (χ1v) is 8.35. The molecule has 1 N–H and O–H groups in total. The van der Waals surface area contributed by atoms with Crippen LogP contribution in [-0.2, 0) is 9.84 Å². The fraction of sp³-hybridized carbons (Fsp3) is 0. The third-order valence-electron chi connectivity index (χ3n) is 3.16. The largest absolute Gasteiger partial charge is 0.419 e. The molecule has 6 heteroatoms. The van der Waals surface area contributed by atoms with Crippen LogP contribution in [0.25, 0.3) is 11.5 Å². The van der Waals surface area contributed by atoms with Crippen molar-refractivity contribution in [2.75, 3.05) is 5.32 Å². The van der Waals surface area contributed by atoms with E-state index in [1.54, 1.807) is 30.3 Å². The van der Waals surface area contributed by atoms with Crippen LogP contribution < -0.4 is 5.32 Å². The molecule has 1 aromatic heterocycles. The Hall–Kier alpha value is -2.86. The van der Waals surface area contributed by atoms with Gasteiger partial charge in [-0.25, -0.2) is 8.42 Å². The number of hydrogen-bond donors (Lipinski definition) is 1. The van der Waals surface area contributed by atoms with Crippen LogP contribution in [0.4, 0.5) is 5.88 Å². The van der Waals surface area contributed by atoms with E-state index >= 15 is 0 Å². The predicted molar refractivity (Wildman–Crippen MR) is 87.7 cm³/mol. The van der Waals surface area contributed by atoms with E-state index in [1.807, 2.05) is 18.2 Å². The van der Waals surface area contributed by atoms with Crippen LogP contribution in [-0.4, -0.2) is 13.4 Å². The maximum Gasteiger partial charge on any atom is 0.237 e. The first-order chi connectivity index (χ1) is 11.1. The molecule has 0 spiro atoms. The van der Waals surface area contributed by atoms with Crippen LogP contribution in [0.15, 0.2) is 87.8 Å². The van der Waals surface area contributed by atoms with Gasteiger partial charge >= 0.3 is 0 Å². The third-order valence-corrected chi connectivity index (χ3v) is 4.84. The lowest BCUT2D eigenvalue weighted by molar-refractivity contribution is 0.581. The molecule has 116 valence electrons. The standard InChI is InChI=1S/C17H14N2O3S/c1-2-18-16-17(23(20,21)14-11-7-4-8-12-14)19-15(22-16)13-9-5-3-6-10-13/h2-12,18H,1H2. The van der Waals surface area contributed by atoms with E-state index in [-0.39, 0.29) is 21.7 Å². The predicted octanol–water partition coefficient (Wildman–Crippen LogP) is 3.73. The summed E-state index contributed by atoms with van der Waals surface area (Å²) in [5.74, 6) is 0.271. The van der Waals surface area contributed by atoms with Gasteiger partial charge in [0.2, 0.25) is 26.6 Å². The summed E-state index contributed by atoms with van der Waals surface area (Å²) in [5, 5.41) is 2.53. The van der Waals surface area contributed by atoms with Gasteiger partial charge in [0.1, 0.15) is 0 Å². The average molecular weight is 326 g/mol. The molecule has 0 saturated carbocycles. The van der Waals surface area contributed by atoms with Crippen molar-refractivity contribution < 1.29 is 12.8 Å². The van der Waals surface area contributed by atoms with Crippen LogP contribution in [0.5, 0.6) is 0 Å². The number of rotatable bonds is 5. The van der Waals surface area contributed by atoms with Crippen LogP contribution in [0.2, 0.25) is 0 Å². The van der Waals surface area contributed by atoms with E-state index < -0.39 is 9.84 Å². The Balaban J connectivity index is 2.15. The van der Waals surface area contributed by atoms with Gasteiger partial charge in [-0.3, -0.25) is 0 Å². The molecule has 2 aromatic carbocycles. The van der Waals surface area contributed by atoms with Crippen molar-refractivity contribution in [3.8, 4) is 11.5 Å². The molecular formula is C17H14N2O3S. The smallest absolute Gasteiger partial charge is 0.237 e. The zero-order valence-electron chi connectivity index (χ0n) is 12.1. The van der Waals surface area contributed by atoms with Crippen LogP contribution in [0.3, 0.4) is 0 Å². The summed E-state index contributed by atoms with van der Waals surface area (Å²) in [6.07, 6.45) is 1.35. The number of nitrogens with one attached hydrogen (secondary N) is 1. The van der Waals surface area contributed by atoms with E-state index in [4.69, 9.17) is 4.42 Å². The van der Waals surface area contributed by atoms with Gasteiger partial charge in [0.05, 0.1) is 4.90 Å². The van der Waals surface area contributed by atoms with Gasteiger partial charge in [-0.1, -0.05) is 43.0 Å². The summed E-state index contributed by atoms with van der Waals surface area (Å²) in [5.41, 5.74) is 0.689. The second kappa shape index (κ2) is 6.10. The van der Waals surface area contributed by atoms with Gasteiger partial charge < -0.3 is 9.73 Å². The van der Waals surface area contributed by atoms with Crippen molar-refractivity contribution >= 4 is 15.7 Å². The third kappa shape index (κ3) is 2.89. The van der Waals surface area contributed by atoms with Crippen LogP contribution in [0, 0.1) is 0 Å².